The van der Waals surface area contributed by atoms with Crippen LogP contribution in [0, 0.1) is 5.92 Å². The fourth-order valence-corrected chi connectivity index (χ4v) is 2.95. The molecule has 0 spiro atoms. The summed E-state index contributed by atoms with van der Waals surface area (Å²) in [4.78, 5) is 41.7. The number of nitrogens with one attached hydrogen (secondary N) is 1. The van der Waals surface area contributed by atoms with Gasteiger partial charge in [0.1, 0.15) is 5.69 Å². The number of hydrogen-bond donors (Lipinski definition) is 1. The zero-order chi connectivity index (χ0) is 21.1. The fraction of sp³-hybridized carbons (Fsp3) is 0.350. The Hall–Kier alpha value is -3.49. The zero-order valence-corrected chi connectivity index (χ0v) is 16.8. The highest BCUT2D eigenvalue weighted by Gasteiger charge is 2.21. The van der Waals surface area contributed by atoms with E-state index >= 15 is 0 Å². The molecule has 0 aliphatic heterocycles. The van der Waals surface area contributed by atoms with Crippen LogP contribution in [0.3, 0.4) is 0 Å². The van der Waals surface area contributed by atoms with E-state index in [2.05, 4.69) is 15.4 Å². The number of ether oxygens (including phenoxy) is 1. The van der Waals surface area contributed by atoms with Crippen LogP contribution in [-0.2, 0) is 18.3 Å². The van der Waals surface area contributed by atoms with E-state index in [-0.39, 0.29) is 35.4 Å². The van der Waals surface area contributed by atoms with Gasteiger partial charge in [0.05, 0.1) is 18.2 Å². The second-order valence-electron chi connectivity index (χ2n) is 6.98. The van der Waals surface area contributed by atoms with Gasteiger partial charge in [0.15, 0.2) is 5.69 Å². The number of imidazole rings is 1. The Morgan fingerprint density at radius 2 is 1.90 bits per heavy atom. The van der Waals surface area contributed by atoms with Crippen molar-refractivity contribution in [2.24, 2.45) is 13.0 Å². The van der Waals surface area contributed by atoms with E-state index in [0.29, 0.717) is 17.3 Å². The third kappa shape index (κ3) is 4.03. The highest BCUT2D eigenvalue weighted by molar-refractivity contribution is 6.10. The zero-order valence-electron chi connectivity index (χ0n) is 16.8. The molecule has 3 rings (SSSR count). The summed E-state index contributed by atoms with van der Waals surface area (Å²) in [6.45, 7) is 6.26. The summed E-state index contributed by atoms with van der Waals surface area (Å²) in [5.74, 6) is -0.704. The molecule has 0 saturated carbocycles. The van der Waals surface area contributed by atoms with Gasteiger partial charge in [0.25, 0.3) is 11.5 Å². The van der Waals surface area contributed by atoms with E-state index in [1.807, 2.05) is 13.8 Å². The van der Waals surface area contributed by atoms with Gasteiger partial charge in [-0.2, -0.15) is 5.10 Å². The lowest BCUT2D eigenvalue weighted by atomic mass is 10.1. The molecule has 152 valence electrons. The van der Waals surface area contributed by atoms with Crippen LogP contribution in [0.1, 0.15) is 41.7 Å². The van der Waals surface area contributed by atoms with Crippen molar-refractivity contribution in [2.75, 3.05) is 11.9 Å². The molecule has 0 unspecified atom stereocenters. The van der Waals surface area contributed by atoms with Gasteiger partial charge >= 0.3 is 5.97 Å². The smallest absolute Gasteiger partial charge is 0.356 e. The van der Waals surface area contributed by atoms with Crippen molar-refractivity contribution < 1.29 is 14.3 Å². The van der Waals surface area contributed by atoms with Crippen LogP contribution in [0.4, 0.5) is 5.95 Å². The van der Waals surface area contributed by atoms with E-state index in [1.54, 1.807) is 38.2 Å². The number of aromatic nitrogens is 4. The number of carbonyl (C=O) groups excluding carboxylic acids is 2. The maximum absolute atomic E-state index is 13.0. The van der Waals surface area contributed by atoms with E-state index in [4.69, 9.17) is 4.74 Å². The van der Waals surface area contributed by atoms with Crippen molar-refractivity contribution in [2.45, 2.75) is 27.3 Å². The number of amides is 1. The summed E-state index contributed by atoms with van der Waals surface area (Å²) >= 11 is 0. The monoisotopic (exact) mass is 397 g/mol. The largest absolute Gasteiger partial charge is 0.461 e. The van der Waals surface area contributed by atoms with Gasteiger partial charge in [-0.1, -0.05) is 32.0 Å². The van der Waals surface area contributed by atoms with Crippen molar-refractivity contribution in [3.63, 3.8) is 0 Å². The molecule has 0 aliphatic rings. The second kappa shape index (κ2) is 8.26. The normalized spacial score (nSPS) is 11.1. The predicted molar refractivity (Wildman–Crippen MR) is 108 cm³/mol. The van der Waals surface area contributed by atoms with Gasteiger partial charge < -0.3 is 9.30 Å². The number of rotatable bonds is 6. The van der Waals surface area contributed by atoms with E-state index in [9.17, 15) is 14.4 Å². The molecule has 0 fully saturated rings. The second-order valence-corrected chi connectivity index (χ2v) is 6.98. The van der Waals surface area contributed by atoms with Crippen LogP contribution < -0.4 is 10.9 Å². The first kappa shape index (κ1) is 20.2. The van der Waals surface area contributed by atoms with Gasteiger partial charge in [-0.3, -0.25) is 14.9 Å². The van der Waals surface area contributed by atoms with Gasteiger partial charge in [-0.25, -0.2) is 14.5 Å². The van der Waals surface area contributed by atoms with E-state index < -0.39 is 11.9 Å². The molecule has 2 aromatic heterocycles. The highest BCUT2D eigenvalue weighted by atomic mass is 16.5. The Morgan fingerprint density at radius 3 is 2.55 bits per heavy atom. The Morgan fingerprint density at radius 1 is 1.21 bits per heavy atom. The molecule has 0 saturated heterocycles. The molecule has 1 aromatic carbocycles. The van der Waals surface area contributed by atoms with Gasteiger partial charge in [0, 0.05) is 19.0 Å². The third-order valence-electron chi connectivity index (χ3n) is 4.32. The summed E-state index contributed by atoms with van der Waals surface area (Å²) < 4.78 is 7.71. The van der Waals surface area contributed by atoms with E-state index in [1.165, 1.54) is 15.4 Å². The maximum Gasteiger partial charge on any atom is 0.356 e. The molecular formula is C20H23N5O4. The topological polar surface area (TPSA) is 108 Å². The summed E-state index contributed by atoms with van der Waals surface area (Å²) in [6, 6.07) is 6.84. The first-order chi connectivity index (χ1) is 13.8. The average Bonchev–Trinajstić information content (AvgIpc) is 3.04. The van der Waals surface area contributed by atoms with Crippen LogP contribution in [0.5, 0.6) is 0 Å². The molecular weight excluding hydrogens is 374 g/mol. The minimum atomic E-state index is -0.531. The standard InChI is InChI=1S/C20H23N5O4/c1-5-29-19(28)15-10-21-20(24(15)4)22-17(26)16-13-8-6-7-9-14(13)18(27)25(23-16)11-12(2)3/h6-10,12H,5,11H2,1-4H3,(H,21,22,26). The van der Waals surface area contributed by atoms with Crippen LogP contribution in [0.2, 0.25) is 0 Å². The quantitative estimate of drug-likeness (QED) is 0.639. The molecule has 0 aliphatic carbocycles. The molecule has 0 radical (unpaired) electrons. The Labute approximate surface area is 167 Å². The summed E-state index contributed by atoms with van der Waals surface area (Å²) in [5, 5.41) is 7.83. The summed E-state index contributed by atoms with van der Waals surface area (Å²) in [5.41, 5.74) is 0.0821. The number of nitrogens with zero attached hydrogens (tertiary/aromatic N) is 4. The highest BCUT2D eigenvalue weighted by Crippen LogP contribution is 2.16. The van der Waals surface area contributed by atoms with Gasteiger partial charge in [-0.05, 0) is 18.9 Å². The molecule has 29 heavy (non-hydrogen) atoms. The number of esters is 1. The van der Waals surface area contributed by atoms with Crippen LogP contribution in [0.15, 0.2) is 35.3 Å². The number of benzene rings is 1. The van der Waals surface area contributed by atoms with Crippen LogP contribution >= 0.6 is 0 Å². The molecule has 9 nitrogen and oxygen atoms in total. The molecule has 0 bridgehead atoms. The molecule has 0 atom stereocenters. The third-order valence-corrected chi connectivity index (χ3v) is 4.32. The van der Waals surface area contributed by atoms with Gasteiger partial charge in [0.2, 0.25) is 5.95 Å². The first-order valence-corrected chi connectivity index (χ1v) is 9.33. The molecule has 1 amide bonds. The van der Waals surface area contributed by atoms with Gasteiger partial charge in [-0.15, -0.1) is 0 Å². The van der Waals surface area contributed by atoms with E-state index in [0.717, 1.165) is 0 Å². The van der Waals surface area contributed by atoms with Crippen molar-refractivity contribution in [1.82, 2.24) is 19.3 Å². The Balaban J connectivity index is 2.01. The molecule has 1 N–H and O–H groups in total. The minimum absolute atomic E-state index is 0.113. The minimum Gasteiger partial charge on any atom is -0.461 e. The van der Waals surface area contributed by atoms with Crippen molar-refractivity contribution in [3.8, 4) is 0 Å². The lowest BCUT2D eigenvalue weighted by Crippen LogP contribution is -2.29. The molecule has 3 aromatic rings. The van der Waals surface area contributed by atoms with Crippen LogP contribution in [-0.4, -0.2) is 37.8 Å². The molecule has 2 heterocycles. The van der Waals surface area contributed by atoms with Crippen molar-refractivity contribution in [1.29, 1.82) is 0 Å². The van der Waals surface area contributed by atoms with Crippen molar-refractivity contribution >= 4 is 28.6 Å². The SMILES string of the molecule is CCOC(=O)c1cnc(NC(=O)c2nn(CC(C)C)c(=O)c3ccccc23)n1C. The maximum atomic E-state index is 13.0. The lowest BCUT2D eigenvalue weighted by molar-refractivity contribution is 0.0515. The fourth-order valence-electron chi connectivity index (χ4n) is 2.95. The van der Waals surface area contributed by atoms with Crippen molar-refractivity contribution in [3.05, 3.63) is 52.2 Å². The number of anilines is 1. The predicted octanol–water partition coefficient (Wildman–Crippen LogP) is 2.21. The number of fused-ring (bicyclic) bond motifs is 1. The Kier molecular flexibility index (Phi) is 5.76. The van der Waals surface area contributed by atoms with Crippen LogP contribution in [0.25, 0.3) is 10.8 Å². The average molecular weight is 397 g/mol. The Bertz CT molecular complexity index is 1130. The number of carbonyl (C=O) groups is 2. The summed E-state index contributed by atoms with van der Waals surface area (Å²) in [6.07, 6.45) is 1.33. The first-order valence-electron chi connectivity index (χ1n) is 9.33. The molecule has 9 heteroatoms. The lowest BCUT2D eigenvalue weighted by Gasteiger charge is -2.12. The summed E-state index contributed by atoms with van der Waals surface area (Å²) in [7, 11) is 1.60. The number of hydrogen-bond acceptors (Lipinski definition) is 6.